The minimum atomic E-state index is -1.04. The second kappa shape index (κ2) is 13.2. The highest BCUT2D eigenvalue weighted by molar-refractivity contribution is 5.94. The predicted octanol–water partition coefficient (Wildman–Crippen LogP) is 3.99. The van der Waals surface area contributed by atoms with Crippen molar-refractivity contribution in [2.75, 3.05) is 18.4 Å². The van der Waals surface area contributed by atoms with Crippen molar-refractivity contribution in [1.29, 1.82) is 0 Å². The van der Waals surface area contributed by atoms with E-state index < -0.39 is 12.0 Å². The van der Waals surface area contributed by atoms with Gasteiger partial charge >= 0.3 is 5.97 Å². The fourth-order valence-corrected chi connectivity index (χ4v) is 2.76. The molecule has 0 aliphatic rings. The Bertz CT molecular complexity index is 809. The van der Waals surface area contributed by atoms with E-state index in [1.807, 2.05) is 30.3 Å². The van der Waals surface area contributed by atoms with Crippen molar-refractivity contribution in [1.82, 2.24) is 5.32 Å². The van der Waals surface area contributed by atoms with Gasteiger partial charge in [-0.25, -0.2) is 0 Å². The Balaban J connectivity index is 1.79. The number of carbonyl (C=O) groups excluding carboxylic acids is 1. The average molecular weight is 412 g/mol. The Morgan fingerprint density at radius 3 is 2.17 bits per heavy atom. The summed E-state index contributed by atoms with van der Waals surface area (Å²) in [6, 6.07) is 15.3. The normalized spacial score (nSPS) is 12.0. The molecule has 5 N–H and O–H groups in total. The molecule has 0 saturated heterocycles. The second-order valence-electron chi connectivity index (χ2n) is 6.88. The maximum absolute atomic E-state index is 12.2. The molecule has 0 aromatic heterocycles. The largest absolute Gasteiger partial charge is 0.480 e. The summed E-state index contributed by atoms with van der Waals surface area (Å²) < 4.78 is 0. The number of azo groups is 1. The Labute approximate surface area is 176 Å². The quantitative estimate of drug-likeness (QED) is 0.292. The molecule has 0 saturated carbocycles. The Hall–Kier alpha value is -3.10. The number of carboxylic acid groups (broad SMARTS) is 1. The Morgan fingerprint density at radius 2 is 1.53 bits per heavy atom. The van der Waals surface area contributed by atoms with E-state index in [-0.39, 0.29) is 12.3 Å². The molecular weight excluding hydrogens is 382 g/mol. The lowest BCUT2D eigenvalue weighted by atomic mass is 10.1. The van der Waals surface area contributed by atoms with Crippen molar-refractivity contribution < 1.29 is 14.7 Å². The fraction of sp³-hybridized carbons (Fsp3) is 0.364. The number of benzene rings is 2. The van der Waals surface area contributed by atoms with E-state index >= 15 is 0 Å². The molecule has 2 aromatic carbocycles. The molecule has 0 bridgehead atoms. The first kappa shape index (κ1) is 23.2. The topological polar surface area (TPSA) is 129 Å². The van der Waals surface area contributed by atoms with Crippen LogP contribution in [0.15, 0.2) is 64.8 Å². The molecule has 30 heavy (non-hydrogen) atoms. The standard InChI is InChI=1S/C22H29N5O3/c23-14-6-1-2-7-15-24-20(22(29)30)16-21(28)25-17-10-12-19(13-11-17)27-26-18-8-4-3-5-9-18/h3-5,8-13,20,24H,1-2,6-7,14-16,23H2,(H,25,28)(H,29,30)/t20-/m1/s1. The highest BCUT2D eigenvalue weighted by atomic mass is 16.4. The summed E-state index contributed by atoms with van der Waals surface area (Å²) in [6.07, 6.45) is 3.68. The lowest BCUT2D eigenvalue weighted by Gasteiger charge is -2.14. The van der Waals surface area contributed by atoms with Gasteiger partial charge in [-0.05, 0) is 62.3 Å². The zero-order valence-corrected chi connectivity index (χ0v) is 17.0. The van der Waals surface area contributed by atoms with Crippen molar-refractivity contribution in [3.63, 3.8) is 0 Å². The smallest absolute Gasteiger partial charge is 0.321 e. The molecule has 0 unspecified atom stereocenters. The monoisotopic (exact) mass is 411 g/mol. The Kier molecular flexibility index (Phi) is 10.2. The molecule has 0 aliphatic heterocycles. The number of hydrogen-bond acceptors (Lipinski definition) is 6. The zero-order valence-electron chi connectivity index (χ0n) is 17.0. The number of amides is 1. The van der Waals surface area contributed by atoms with Crippen LogP contribution in [0.3, 0.4) is 0 Å². The number of nitrogens with one attached hydrogen (secondary N) is 2. The molecule has 8 heteroatoms. The second-order valence-corrected chi connectivity index (χ2v) is 6.88. The molecule has 0 spiro atoms. The summed E-state index contributed by atoms with van der Waals surface area (Å²) in [5, 5.41) is 23.3. The van der Waals surface area contributed by atoms with Gasteiger partial charge in [-0.15, -0.1) is 0 Å². The first-order chi connectivity index (χ1) is 14.6. The van der Waals surface area contributed by atoms with Crippen molar-refractivity contribution in [3.05, 3.63) is 54.6 Å². The van der Waals surface area contributed by atoms with E-state index in [0.717, 1.165) is 31.4 Å². The van der Waals surface area contributed by atoms with Gasteiger partial charge in [0.1, 0.15) is 6.04 Å². The van der Waals surface area contributed by atoms with Gasteiger partial charge in [-0.2, -0.15) is 10.2 Å². The van der Waals surface area contributed by atoms with E-state index in [1.165, 1.54) is 0 Å². The zero-order chi connectivity index (χ0) is 21.6. The molecular formula is C22H29N5O3. The summed E-state index contributed by atoms with van der Waals surface area (Å²) in [4.78, 5) is 23.6. The summed E-state index contributed by atoms with van der Waals surface area (Å²) in [7, 11) is 0. The minimum Gasteiger partial charge on any atom is -0.480 e. The summed E-state index contributed by atoms with van der Waals surface area (Å²) in [6.45, 7) is 1.22. The van der Waals surface area contributed by atoms with Crippen LogP contribution in [0.4, 0.5) is 17.1 Å². The minimum absolute atomic E-state index is 0.145. The molecule has 0 radical (unpaired) electrons. The summed E-state index contributed by atoms with van der Waals surface area (Å²) in [5.74, 6) is -1.40. The van der Waals surface area contributed by atoms with E-state index in [9.17, 15) is 14.7 Å². The number of unbranched alkanes of at least 4 members (excludes halogenated alkanes) is 3. The Morgan fingerprint density at radius 1 is 0.900 bits per heavy atom. The number of carbonyl (C=O) groups is 2. The molecule has 8 nitrogen and oxygen atoms in total. The van der Waals surface area contributed by atoms with Crippen LogP contribution in [-0.4, -0.2) is 36.1 Å². The van der Waals surface area contributed by atoms with Crippen LogP contribution >= 0.6 is 0 Å². The maximum Gasteiger partial charge on any atom is 0.321 e. The SMILES string of the molecule is NCCCCCCN[C@H](CC(=O)Nc1ccc(N=Nc2ccccc2)cc1)C(=O)O. The first-order valence-corrected chi connectivity index (χ1v) is 10.1. The van der Waals surface area contributed by atoms with E-state index in [4.69, 9.17) is 5.73 Å². The van der Waals surface area contributed by atoms with Gasteiger partial charge < -0.3 is 21.5 Å². The maximum atomic E-state index is 12.2. The van der Waals surface area contributed by atoms with Crippen LogP contribution in [0.2, 0.25) is 0 Å². The number of aliphatic carboxylic acids is 1. The molecule has 1 amide bonds. The van der Waals surface area contributed by atoms with Crippen LogP contribution in [0.1, 0.15) is 32.1 Å². The van der Waals surface area contributed by atoms with Gasteiger partial charge in [0.05, 0.1) is 17.8 Å². The molecule has 160 valence electrons. The lowest BCUT2D eigenvalue weighted by Crippen LogP contribution is -2.40. The van der Waals surface area contributed by atoms with Gasteiger partial charge in [0.15, 0.2) is 0 Å². The van der Waals surface area contributed by atoms with Crippen LogP contribution in [0.25, 0.3) is 0 Å². The number of nitrogens with two attached hydrogens (primary N) is 1. The van der Waals surface area contributed by atoms with Crippen molar-refractivity contribution in [3.8, 4) is 0 Å². The third kappa shape index (κ3) is 8.93. The number of anilines is 1. The number of nitrogens with zero attached hydrogens (tertiary/aromatic N) is 2. The molecule has 2 aromatic rings. The van der Waals surface area contributed by atoms with Gasteiger partial charge in [0, 0.05) is 5.69 Å². The lowest BCUT2D eigenvalue weighted by molar-refractivity contribution is -0.141. The number of carboxylic acids is 1. The van der Waals surface area contributed by atoms with E-state index in [2.05, 4.69) is 20.9 Å². The summed E-state index contributed by atoms with van der Waals surface area (Å²) in [5.41, 5.74) is 7.42. The van der Waals surface area contributed by atoms with Crippen LogP contribution < -0.4 is 16.4 Å². The van der Waals surface area contributed by atoms with Crippen LogP contribution in [-0.2, 0) is 9.59 Å². The number of rotatable bonds is 13. The molecule has 2 rings (SSSR count). The molecule has 0 heterocycles. The summed E-state index contributed by atoms with van der Waals surface area (Å²) >= 11 is 0. The predicted molar refractivity (Wildman–Crippen MR) is 117 cm³/mol. The third-order valence-corrected chi connectivity index (χ3v) is 4.40. The van der Waals surface area contributed by atoms with E-state index in [0.29, 0.717) is 24.5 Å². The van der Waals surface area contributed by atoms with Crippen LogP contribution in [0, 0.1) is 0 Å². The van der Waals surface area contributed by atoms with E-state index in [1.54, 1.807) is 24.3 Å². The van der Waals surface area contributed by atoms with Gasteiger partial charge in [0.25, 0.3) is 0 Å². The van der Waals surface area contributed by atoms with Crippen molar-refractivity contribution in [2.45, 2.75) is 38.1 Å². The molecule has 0 aliphatic carbocycles. The van der Waals surface area contributed by atoms with Crippen LogP contribution in [0.5, 0.6) is 0 Å². The molecule has 1 atom stereocenters. The average Bonchev–Trinajstić information content (AvgIpc) is 2.75. The van der Waals surface area contributed by atoms with Crippen molar-refractivity contribution >= 4 is 28.9 Å². The van der Waals surface area contributed by atoms with Gasteiger partial charge in [0.2, 0.25) is 5.91 Å². The van der Waals surface area contributed by atoms with Gasteiger partial charge in [-0.3, -0.25) is 9.59 Å². The highest BCUT2D eigenvalue weighted by Gasteiger charge is 2.20. The molecule has 0 fully saturated rings. The fourth-order valence-electron chi connectivity index (χ4n) is 2.76. The first-order valence-electron chi connectivity index (χ1n) is 10.1. The highest BCUT2D eigenvalue weighted by Crippen LogP contribution is 2.20. The number of hydrogen-bond donors (Lipinski definition) is 4. The third-order valence-electron chi connectivity index (χ3n) is 4.40. The van der Waals surface area contributed by atoms with Gasteiger partial charge in [-0.1, -0.05) is 31.0 Å². The van der Waals surface area contributed by atoms with Crippen molar-refractivity contribution in [2.24, 2.45) is 16.0 Å².